The van der Waals surface area contributed by atoms with E-state index in [1.54, 1.807) is 0 Å². The van der Waals surface area contributed by atoms with Crippen LogP contribution in [0, 0.1) is 0 Å². The second kappa shape index (κ2) is 4.09. The lowest BCUT2D eigenvalue weighted by molar-refractivity contribution is -0.138. The molecule has 0 aliphatic rings. The number of alkyl halides is 2. The van der Waals surface area contributed by atoms with Gasteiger partial charge in [-0.05, 0) is 6.20 Å². The van der Waals surface area contributed by atoms with Crippen LogP contribution in [0.15, 0.2) is 12.8 Å². The fourth-order valence-electron chi connectivity index (χ4n) is 0.438. The van der Waals surface area contributed by atoms with E-state index in [2.05, 4.69) is 24.5 Å². The number of carboxylic acids is 1. The Balaban J connectivity index is 4.34. The number of hydrogen-bond donors (Lipinski definition) is 3. The molecule has 0 aromatic carbocycles. The maximum atomic E-state index is 10.4. The Bertz CT molecular complexity index is 168. The Hall–Kier alpha value is -0.0600. The minimum atomic E-state index is -1.65. The van der Waals surface area contributed by atoms with Crippen molar-refractivity contribution in [3.05, 3.63) is 12.8 Å². The number of halogens is 2. The predicted molar refractivity (Wildman–Crippen MR) is 48.2 cm³/mol. The molecule has 0 fully saturated rings. The van der Waals surface area contributed by atoms with Crippen LogP contribution in [0.3, 0.4) is 0 Å². The summed E-state index contributed by atoms with van der Waals surface area (Å²) in [6.07, 6.45) is 1.19. The molecule has 64 valence electrons. The molecular weight excluding hydrogens is 209 g/mol. The third-order valence-corrected chi connectivity index (χ3v) is 1.57. The lowest BCUT2D eigenvalue weighted by atomic mass is 10.3. The third-order valence-electron chi connectivity index (χ3n) is 0.879. The van der Waals surface area contributed by atoms with E-state index in [-0.39, 0.29) is 0 Å². The van der Waals surface area contributed by atoms with Gasteiger partial charge in [0.15, 0.2) is 9.71 Å². The lowest BCUT2D eigenvalue weighted by Crippen LogP contribution is -2.44. The minimum absolute atomic E-state index is 1.17. The van der Waals surface area contributed by atoms with E-state index in [0.717, 1.165) is 0 Å². The smallest absolute Gasteiger partial charge is 0.330 e. The summed E-state index contributed by atoms with van der Waals surface area (Å²) in [7, 11) is 0. The van der Waals surface area contributed by atoms with Crippen molar-refractivity contribution >= 4 is 41.8 Å². The van der Waals surface area contributed by atoms with E-state index in [1.165, 1.54) is 6.20 Å². The molecule has 11 heavy (non-hydrogen) atoms. The van der Waals surface area contributed by atoms with Crippen molar-refractivity contribution in [1.29, 1.82) is 0 Å². The van der Waals surface area contributed by atoms with Crippen molar-refractivity contribution in [1.82, 2.24) is 5.32 Å². The van der Waals surface area contributed by atoms with Gasteiger partial charge in [-0.25, -0.2) is 4.79 Å². The van der Waals surface area contributed by atoms with Gasteiger partial charge in [-0.1, -0.05) is 29.8 Å². The Morgan fingerprint density at radius 3 is 2.36 bits per heavy atom. The Morgan fingerprint density at radius 2 is 2.27 bits per heavy atom. The summed E-state index contributed by atoms with van der Waals surface area (Å²) in [6, 6.07) is -1.17. The van der Waals surface area contributed by atoms with Crippen LogP contribution in [0.1, 0.15) is 0 Å². The first-order valence-electron chi connectivity index (χ1n) is 2.59. The topological polar surface area (TPSA) is 49.3 Å². The van der Waals surface area contributed by atoms with Crippen LogP contribution in [-0.4, -0.2) is 20.8 Å². The molecule has 0 aliphatic heterocycles. The van der Waals surface area contributed by atoms with Crippen LogP contribution in [-0.2, 0) is 4.79 Å². The summed E-state index contributed by atoms with van der Waals surface area (Å²) in [5, 5.41) is 10.9. The second-order valence-corrected chi connectivity index (χ2v) is 4.35. The SMILES string of the molecule is C=CN[C@H](C(=O)O)C(S)(Cl)Cl. The fraction of sp³-hybridized carbons (Fsp3) is 0.400. The van der Waals surface area contributed by atoms with Gasteiger partial charge in [0.1, 0.15) is 0 Å². The molecular formula is C5H7Cl2NO2S. The molecule has 0 bridgehead atoms. The molecule has 6 heteroatoms. The highest BCUT2D eigenvalue weighted by atomic mass is 35.5. The highest BCUT2D eigenvalue weighted by Crippen LogP contribution is 2.29. The largest absolute Gasteiger partial charge is 0.480 e. The first-order chi connectivity index (χ1) is 4.89. The zero-order valence-corrected chi connectivity index (χ0v) is 7.83. The van der Waals surface area contributed by atoms with Crippen molar-refractivity contribution in [2.75, 3.05) is 0 Å². The van der Waals surface area contributed by atoms with E-state index >= 15 is 0 Å². The van der Waals surface area contributed by atoms with Gasteiger partial charge < -0.3 is 10.4 Å². The van der Waals surface area contributed by atoms with Crippen molar-refractivity contribution in [3.63, 3.8) is 0 Å². The van der Waals surface area contributed by atoms with E-state index in [4.69, 9.17) is 28.3 Å². The number of aliphatic carboxylic acids is 1. The van der Waals surface area contributed by atoms with Crippen LogP contribution in [0.2, 0.25) is 0 Å². The summed E-state index contributed by atoms with van der Waals surface area (Å²) in [5.74, 6) is -1.19. The van der Waals surface area contributed by atoms with E-state index < -0.39 is 15.7 Å². The van der Waals surface area contributed by atoms with Crippen LogP contribution < -0.4 is 5.32 Å². The Labute approximate surface area is 79.8 Å². The maximum absolute atomic E-state index is 10.4. The van der Waals surface area contributed by atoms with Crippen LogP contribution in [0.4, 0.5) is 0 Å². The maximum Gasteiger partial charge on any atom is 0.330 e. The quantitative estimate of drug-likeness (QED) is 0.489. The number of carbonyl (C=O) groups is 1. The highest BCUT2D eigenvalue weighted by Gasteiger charge is 2.36. The third kappa shape index (κ3) is 3.74. The summed E-state index contributed by atoms with van der Waals surface area (Å²) >= 11 is 14.5. The molecule has 0 heterocycles. The van der Waals surface area contributed by atoms with Crippen molar-refractivity contribution in [3.8, 4) is 0 Å². The van der Waals surface area contributed by atoms with Crippen LogP contribution in [0.25, 0.3) is 0 Å². The highest BCUT2D eigenvalue weighted by molar-refractivity contribution is 7.85. The standard InChI is InChI=1S/C5H7Cl2NO2S/c1-2-8-3(4(9)10)5(6,7)11/h2-3,8,11H,1H2,(H,9,10)/t3-/m1/s1. The second-order valence-electron chi connectivity index (χ2n) is 1.73. The van der Waals surface area contributed by atoms with Gasteiger partial charge in [-0.15, -0.1) is 12.6 Å². The predicted octanol–water partition coefficient (Wildman–Crippen LogP) is 1.23. The van der Waals surface area contributed by atoms with Crippen molar-refractivity contribution in [2.45, 2.75) is 9.71 Å². The van der Waals surface area contributed by atoms with Gasteiger partial charge in [0, 0.05) is 0 Å². The summed E-state index contributed by atoms with van der Waals surface area (Å²) in [4.78, 5) is 10.4. The molecule has 3 nitrogen and oxygen atoms in total. The van der Waals surface area contributed by atoms with E-state index in [0.29, 0.717) is 0 Å². The average Bonchev–Trinajstić information content (AvgIpc) is 1.79. The minimum Gasteiger partial charge on any atom is -0.480 e. The lowest BCUT2D eigenvalue weighted by Gasteiger charge is -2.21. The molecule has 0 saturated carbocycles. The van der Waals surface area contributed by atoms with Crippen molar-refractivity contribution < 1.29 is 9.90 Å². The molecule has 0 saturated heterocycles. The van der Waals surface area contributed by atoms with Gasteiger partial charge in [-0.3, -0.25) is 0 Å². The van der Waals surface area contributed by atoms with Gasteiger partial charge in [-0.2, -0.15) is 0 Å². The molecule has 0 unspecified atom stereocenters. The first kappa shape index (κ1) is 10.9. The zero-order valence-electron chi connectivity index (χ0n) is 5.42. The van der Waals surface area contributed by atoms with Gasteiger partial charge in [0.05, 0.1) is 0 Å². The molecule has 0 aromatic heterocycles. The molecule has 0 aromatic rings. The van der Waals surface area contributed by atoms with Gasteiger partial charge in [0.2, 0.25) is 0 Å². The van der Waals surface area contributed by atoms with Gasteiger partial charge in [0.25, 0.3) is 0 Å². The number of nitrogens with one attached hydrogen (secondary N) is 1. The zero-order chi connectivity index (χ0) is 9.07. The molecule has 0 aliphatic carbocycles. The molecule has 0 radical (unpaired) electrons. The normalized spacial score (nSPS) is 13.7. The molecule has 0 amide bonds. The monoisotopic (exact) mass is 215 g/mol. The number of hydrogen-bond acceptors (Lipinski definition) is 3. The summed E-state index contributed by atoms with van der Waals surface area (Å²) in [5.41, 5.74) is 0. The van der Waals surface area contributed by atoms with Crippen LogP contribution in [0.5, 0.6) is 0 Å². The summed E-state index contributed by atoms with van der Waals surface area (Å²) < 4.78 is -1.65. The molecule has 0 rings (SSSR count). The first-order valence-corrected chi connectivity index (χ1v) is 3.80. The number of rotatable bonds is 4. The fourth-order valence-corrected chi connectivity index (χ4v) is 0.936. The Morgan fingerprint density at radius 1 is 1.82 bits per heavy atom. The van der Waals surface area contributed by atoms with Crippen molar-refractivity contribution in [2.24, 2.45) is 0 Å². The van der Waals surface area contributed by atoms with Gasteiger partial charge >= 0.3 is 5.97 Å². The molecule has 1 atom stereocenters. The number of carboxylic acid groups (broad SMARTS) is 1. The summed E-state index contributed by atoms with van der Waals surface area (Å²) in [6.45, 7) is 3.27. The van der Waals surface area contributed by atoms with E-state index in [9.17, 15) is 4.79 Å². The van der Waals surface area contributed by atoms with Crippen LogP contribution >= 0.6 is 35.8 Å². The number of thiol groups is 1. The van der Waals surface area contributed by atoms with E-state index in [1.807, 2.05) is 0 Å². The average molecular weight is 216 g/mol. The Kier molecular flexibility index (Phi) is 4.07. The molecule has 2 N–H and O–H groups in total. The molecule has 0 spiro atoms.